The van der Waals surface area contributed by atoms with Gasteiger partial charge in [-0.25, -0.2) is 0 Å². The van der Waals surface area contributed by atoms with Crippen molar-refractivity contribution in [1.29, 1.82) is 0 Å². The van der Waals surface area contributed by atoms with Crippen LogP contribution < -0.4 is 5.32 Å². The van der Waals surface area contributed by atoms with Crippen LogP contribution in [0.4, 0.5) is 0 Å². The number of methoxy groups -OCH3 is 1. The standard InChI is InChI=1S/C21H40N4O3.HI/c1-22-20(24-9-6-19(16-24)17-28-15-14-26-2)23-18-21(7-4-3-5-8-21)25-10-12-27-13-11-25;/h19H,3-18H2,1-2H3,(H,22,23);1H. The maximum absolute atomic E-state index is 5.74. The number of halogens is 1. The fourth-order valence-corrected chi connectivity index (χ4v) is 4.98. The molecule has 0 aromatic rings. The Kier molecular flexibility index (Phi) is 11.5. The Bertz CT molecular complexity index is 483. The van der Waals surface area contributed by atoms with Gasteiger partial charge >= 0.3 is 0 Å². The molecule has 0 aromatic carbocycles. The van der Waals surface area contributed by atoms with E-state index in [4.69, 9.17) is 14.2 Å². The van der Waals surface area contributed by atoms with Crippen LogP contribution in [0.15, 0.2) is 4.99 Å². The maximum atomic E-state index is 5.74. The summed E-state index contributed by atoms with van der Waals surface area (Å²) in [4.78, 5) is 9.69. The molecule has 0 bridgehead atoms. The quantitative estimate of drug-likeness (QED) is 0.228. The van der Waals surface area contributed by atoms with Gasteiger partial charge in [-0.05, 0) is 19.3 Å². The second kappa shape index (κ2) is 13.3. The van der Waals surface area contributed by atoms with E-state index in [1.165, 1.54) is 38.5 Å². The molecule has 1 N–H and O–H groups in total. The molecule has 170 valence electrons. The number of nitrogens with zero attached hydrogens (tertiary/aromatic N) is 3. The van der Waals surface area contributed by atoms with Gasteiger partial charge in [-0.1, -0.05) is 19.3 Å². The molecule has 2 saturated heterocycles. The van der Waals surface area contributed by atoms with Gasteiger partial charge in [0.15, 0.2) is 5.96 Å². The van der Waals surface area contributed by atoms with Gasteiger partial charge in [-0.3, -0.25) is 9.89 Å². The molecule has 1 atom stereocenters. The third-order valence-electron chi connectivity index (χ3n) is 6.62. The molecule has 1 aliphatic carbocycles. The number of guanidine groups is 1. The normalized spacial score (nSPS) is 25.7. The lowest BCUT2D eigenvalue weighted by atomic mass is 9.80. The van der Waals surface area contributed by atoms with Gasteiger partial charge in [0.2, 0.25) is 0 Å². The molecule has 7 nitrogen and oxygen atoms in total. The monoisotopic (exact) mass is 524 g/mol. The molecule has 3 aliphatic rings. The lowest BCUT2D eigenvalue weighted by Crippen LogP contribution is -2.60. The van der Waals surface area contributed by atoms with Crippen LogP contribution in [0.25, 0.3) is 0 Å². The van der Waals surface area contributed by atoms with Gasteiger partial charge in [0.25, 0.3) is 0 Å². The molecule has 8 heteroatoms. The van der Waals surface area contributed by atoms with Crippen molar-refractivity contribution in [2.45, 2.75) is 44.1 Å². The zero-order valence-corrected chi connectivity index (χ0v) is 20.7. The van der Waals surface area contributed by atoms with Crippen molar-refractivity contribution >= 4 is 29.9 Å². The number of hydrogen-bond acceptors (Lipinski definition) is 5. The van der Waals surface area contributed by atoms with E-state index in [1.54, 1.807) is 7.11 Å². The minimum atomic E-state index is 0. The van der Waals surface area contributed by atoms with Crippen LogP contribution >= 0.6 is 24.0 Å². The number of rotatable bonds is 8. The molecule has 3 rings (SSSR count). The summed E-state index contributed by atoms with van der Waals surface area (Å²) >= 11 is 0. The fraction of sp³-hybridized carbons (Fsp3) is 0.952. The van der Waals surface area contributed by atoms with E-state index in [0.29, 0.717) is 19.1 Å². The molecular formula is C21H41IN4O3. The zero-order valence-electron chi connectivity index (χ0n) is 18.4. The lowest BCUT2D eigenvalue weighted by molar-refractivity contribution is -0.0354. The molecule has 3 fully saturated rings. The molecule has 1 unspecified atom stereocenters. The molecule has 0 radical (unpaired) electrons. The molecular weight excluding hydrogens is 483 g/mol. The predicted octanol–water partition coefficient (Wildman–Crippen LogP) is 2.20. The van der Waals surface area contributed by atoms with Crippen molar-refractivity contribution in [3.8, 4) is 0 Å². The predicted molar refractivity (Wildman–Crippen MR) is 127 cm³/mol. The maximum Gasteiger partial charge on any atom is 0.193 e. The number of nitrogens with one attached hydrogen (secondary N) is 1. The Morgan fingerprint density at radius 2 is 1.90 bits per heavy atom. The summed E-state index contributed by atoms with van der Waals surface area (Å²) in [6.07, 6.45) is 7.78. The van der Waals surface area contributed by atoms with Gasteiger partial charge in [0.05, 0.1) is 33.0 Å². The average molecular weight is 524 g/mol. The SMILES string of the molecule is CN=C(NCC1(N2CCOCC2)CCCCC1)N1CCC(COCCOC)C1.I. The Morgan fingerprint density at radius 1 is 1.14 bits per heavy atom. The highest BCUT2D eigenvalue weighted by Gasteiger charge is 2.39. The molecule has 0 aromatic heterocycles. The van der Waals surface area contributed by atoms with E-state index in [0.717, 1.165) is 58.5 Å². The highest BCUT2D eigenvalue weighted by Crippen LogP contribution is 2.34. The van der Waals surface area contributed by atoms with Crippen LogP contribution in [0.5, 0.6) is 0 Å². The van der Waals surface area contributed by atoms with E-state index >= 15 is 0 Å². The fourth-order valence-electron chi connectivity index (χ4n) is 4.98. The average Bonchev–Trinajstić information content (AvgIpc) is 3.22. The first kappa shape index (κ1) is 25.1. The van der Waals surface area contributed by atoms with Crippen LogP contribution in [-0.4, -0.2) is 101 Å². The van der Waals surface area contributed by atoms with Crippen LogP contribution in [-0.2, 0) is 14.2 Å². The number of hydrogen-bond donors (Lipinski definition) is 1. The van der Waals surface area contributed by atoms with E-state index in [-0.39, 0.29) is 29.5 Å². The van der Waals surface area contributed by atoms with Crippen molar-refractivity contribution in [2.24, 2.45) is 10.9 Å². The van der Waals surface area contributed by atoms with Crippen LogP contribution in [0.2, 0.25) is 0 Å². The third kappa shape index (κ3) is 7.19. The summed E-state index contributed by atoms with van der Waals surface area (Å²) in [5, 5.41) is 3.75. The molecule has 0 amide bonds. The second-order valence-corrected chi connectivity index (χ2v) is 8.45. The van der Waals surface area contributed by atoms with E-state index < -0.39 is 0 Å². The molecule has 2 heterocycles. The highest BCUT2D eigenvalue weighted by molar-refractivity contribution is 14.0. The minimum Gasteiger partial charge on any atom is -0.382 e. The first-order chi connectivity index (χ1) is 13.8. The topological polar surface area (TPSA) is 58.6 Å². The molecule has 0 spiro atoms. The van der Waals surface area contributed by atoms with Gasteiger partial charge in [-0.2, -0.15) is 0 Å². The summed E-state index contributed by atoms with van der Waals surface area (Å²) in [6.45, 7) is 9.10. The second-order valence-electron chi connectivity index (χ2n) is 8.45. The first-order valence-electron chi connectivity index (χ1n) is 11.1. The molecule has 29 heavy (non-hydrogen) atoms. The number of likely N-dealkylation sites (tertiary alicyclic amines) is 1. The molecule has 1 saturated carbocycles. The Balaban J connectivity index is 0.00000300. The summed E-state index contributed by atoms with van der Waals surface area (Å²) in [7, 11) is 3.62. The Hall–Kier alpha value is -0.160. The van der Waals surface area contributed by atoms with Gasteiger partial charge in [0, 0.05) is 58.3 Å². The largest absolute Gasteiger partial charge is 0.382 e. The summed E-state index contributed by atoms with van der Waals surface area (Å²) < 4.78 is 16.4. The van der Waals surface area contributed by atoms with Crippen molar-refractivity contribution in [3.05, 3.63) is 0 Å². The van der Waals surface area contributed by atoms with E-state index in [9.17, 15) is 0 Å². The third-order valence-corrected chi connectivity index (χ3v) is 6.62. The summed E-state index contributed by atoms with van der Waals surface area (Å²) in [6, 6.07) is 0. The summed E-state index contributed by atoms with van der Waals surface area (Å²) in [5.41, 5.74) is 0.264. The number of aliphatic imine (C=N–C) groups is 1. The van der Waals surface area contributed by atoms with Crippen molar-refractivity contribution in [1.82, 2.24) is 15.1 Å². The van der Waals surface area contributed by atoms with Crippen LogP contribution in [0, 0.1) is 5.92 Å². The lowest BCUT2D eigenvalue weighted by Gasteiger charge is -2.48. The highest BCUT2D eigenvalue weighted by atomic mass is 127. The number of morpholine rings is 1. The first-order valence-corrected chi connectivity index (χ1v) is 11.1. The van der Waals surface area contributed by atoms with Crippen LogP contribution in [0.3, 0.4) is 0 Å². The zero-order chi connectivity index (χ0) is 19.7. The van der Waals surface area contributed by atoms with E-state index in [1.807, 2.05) is 7.05 Å². The van der Waals surface area contributed by atoms with E-state index in [2.05, 4.69) is 20.1 Å². The van der Waals surface area contributed by atoms with Gasteiger partial charge in [0.1, 0.15) is 0 Å². The summed E-state index contributed by atoms with van der Waals surface area (Å²) in [5.74, 6) is 1.64. The smallest absolute Gasteiger partial charge is 0.193 e. The van der Waals surface area contributed by atoms with Gasteiger partial charge in [-0.15, -0.1) is 24.0 Å². The minimum absolute atomic E-state index is 0. The van der Waals surface area contributed by atoms with Crippen molar-refractivity contribution < 1.29 is 14.2 Å². The van der Waals surface area contributed by atoms with Crippen molar-refractivity contribution in [3.63, 3.8) is 0 Å². The van der Waals surface area contributed by atoms with Gasteiger partial charge < -0.3 is 24.4 Å². The molecule has 2 aliphatic heterocycles. The van der Waals surface area contributed by atoms with Crippen LogP contribution in [0.1, 0.15) is 38.5 Å². The Morgan fingerprint density at radius 3 is 2.59 bits per heavy atom. The number of ether oxygens (including phenoxy) is 3. The Labute approximate surface area is 193 Å². The van der Waals surface area contributed by atoms with Crippen molar-refractivity contribution in [2.75, 3.05) is 79.9 Å².